The monoisotopic (exact) mass is 499 g/mol. The lowest BCUT2D eigenvalue weighted by atomic mass is 10.1. The van der Waals surface area contributed by atoms with Gasteiger partial charge in [-0.1, -0.05) is 41.6 Å². The molecule has 2 aromatic heterocycles. The zero-order chi connectivity index (χ0) is 23.2. The number of carbonyl (C=O) groups is 1. The van der Waals surface area contributed by atoms with Crippen LogP contribution in [0.2, 0.25) is 5.02 Å². The molecule has 4 aromatic rings. The number of nitrogens with one attached hydrogen (secondary N) is 1. The minimum absolute atomic E-state index is 0.141. The van der Waals surface area contributed by atoms with E-state index in [-0.39, 0.29) is 17.5 Å². The summed E-state index contributed by atoms with van der Waals surface area (Å²) in [6, 6.07) is 13.7. The molecular weight excluding hydrogens is 481 g/mol. The highest BCUT2D eigenvalue weighted by Crippen LogP contribution is 2.26. The third-order valence-corrected chi connectivity index (χ3v) is 6.65. The van der Waals surface area contributed by atoms with Crippen LogP contribution in [0.25, 0.3) is 11.4 Å². The molecule has 1 amide bonds. The number of thioether (sulfide) groups is 1. The molecule has 0 saturated carbocycles. The zero-order valence-electron chi connectivity index (χ0n) is 17.4. The highest BCUT2D eigenvalue weighted by Gasteiger charge is 2.16. The van der Waals surface area contributed by atoms with Gasteiger partial charge in [-0.3, -0.25) is 9.36 Å². The second-order valence-electron chi connectivity index (χ2n) is 6.99. The zero-order valence-corrected chi connectivity index (χ0v) is 19.8. The normalized spacial score (nSPS) is 10.8. The molecule has 10 heteroatoms. The van der Waals surface area contributed by atoms with Crippen LogP contribution in [0.15, 0.2) is 72.5 Å². The summed E-state index contributed by atoms with van der Waals surface area (Å²) < 4.78 is 15.1. The molecule has 168 valence electrons. The topological polar surface area (TPSA) is 72.7 Å². The molecule has 0 bridgehead atoms. The summed E-state index contributed by atoms with van der Waals surface area (Å²) in [5, 5.41) is 13.0. The molecular formula is C23H19ClFN5OS2. The van der Waals surface area contributed by atoms with Gasteiger partial charge in [0.15, 0.2) is 16.1 Å². The van der Waals surface area contributed by atoms with Crippen LogP contribution < -0.4 is 5.32 Å². The smallest absolute Gasteiger partial charge is 0.236 e. The molecule has 0 atom stereocenters. The van der Waals surface area contributed by atoms with Crippen LogP contribution in [0.3, 0.4) is 0 Å². The lowest BCUT2D eigenvalue weighted by molar-refractivity contribution is -0.113. The van der Waals surface area contributed by atoms with Gasteiger partial charge in [0, 0.05) is 34.6 Å². The van der Waals surface area contributed by atoms with Crippen LogP contribution in [0.4, 0.5) is 9.52 Å². The van der Waals surface area contributed by atoms with E-state index >= 15 is 0 Å². The van der Waals surface area contributed by atoms with E-state index in [1.54, 1.807) is 24.4 Å². The fraction of sp³-hybridized carbons (Fsp3) is 0.130. The fourth-order valence-corrected chi connectivity index (χ4v) is 4.91. The molecule has 0 radical (unpaired) electrons. The number of rotatable bonds is 9. The van der Waals surface area contributed by atoms with Crippen LogP contribution in [0.5, 0.6) is 0 Å². The quantitative estimate of drug-likeness (QED) is 0.236. The highest BCUT2D eigenvalue weighted by molar-refractivity contribution is 7.99. The minimum Gasteiger partial charge on any atom is -0.301 e. The summed E-state index contributed by atoms with van der Waals surface area (Å²) >= 11 is 8.73. The summed E-state index contributed by atoms with van der Waals surface area (Å²) in [6.07, 6.45) is 4.17. The van der Waals surface area contributed by atoms with E-state index in [1.807, 2.05) is 28.8 Å². The minimum atomic E-state index is -0.322. The molecule has 33 heavy (non-hydrogen) atoms. The number of amides is 1. The van der Waals surface area contributed by atoms with Gasteiger partial charge < -0.3 is 5.32 Å². The second-order valence-corrected chi connectivity index (χ2v) is 9.48. The van der Waals surface area contributed by atoms with Crippen molar-refractivity contribution in [2.24, 2.45) is 0 Å². The average molecular weight is 500 g/mol. The number of anilines is 1. The van der Waals surface area contributed by atoms with Crippen molar-refractivity contribution in [1.82, 2.24) is 19.7 Å². The van der Waals surface area contributed by atoms with Gasteiger partial charge in [0.05, 0.1) is 5.75 Å². The van der Waals surface area contributed by atoms with Crippen molar-refractivity contribution in [1.29, 1.82) is 0 Å². The first-order chi connectivity index (χ1) is 16.0. The number of allylic oxidation sites excluding steroid dienone is 1. The Morgan fingerprint density at radius 1 is 1.24 bits per heavy atom. The van der Waals surface area contributed by atoms with E-state index in [9.17, 15) is 9.18 Å². The van der Waals surface area contributed by atoms with Crippen LogP contribution in [0.1, 0.15) is 10.4 Å². The van der Waals surface area contributed by atoms with Crippen LogP contribution in [-0.4, -0.2) is 31.4 Å². The predicted octanol–water partition coefficient (Wildman–Crippen LogP) is 5.70. The number of benzene rings is 2. The van der Waals surface area contributed by atoms with Crippen LogP contribution >= 0.6 is 34.7 Å². The van der Waals surface area contributed by atoms with E-state index < -0.39 is 0 Å². The Bertz CT molecular complexity index is 1270. The summed E-state index contributed by atoms with van der Waals surface area (Å²) in [5.41, 5.74) is 1.81. The standard InChI is InChI=1S/C23H19ClFN5OS2/c1-2-10-30-21(16-6-8-18(25)9-7-16)28-29-23(30)32-14-20(31)27-22-26-13-19(33-22)12-15-4-3-5-17(24)11-15/h2-9,11,13H,1,10,12,14H2,(H,26,27,31). The van der Waals surface area contributed by atoms with E-state index in [1.165, 1.54) is 35.2 Å². The predicted molar refractivity (Wildman–Crippen MR) is 131 cm³/mol. The SMILES string of the molecule is C=CCn1c(SCC(=O)Nc2ncc(Cc3cccc(Cl)c3)s2)nnc1-c1ccc(F)cc1. The summed E-state index contributed by atoms with van der Waals surface area (Å²) in [6.45, 7) is 4.24. The maximum absolute atomic E-state index is 13.3. The van der Waals surface area contributed by atoms with Crippen LogP contribution in [-0.2, 0) is 17.8 Å². The van der Waals surface area contributed by atoms with Crippen molar-refractivity contribution in [2.75, 3.05) is 11.1 Å². The molecule has 2 heterocycles. The number of carbonyl (C=O) groups excluding carboxylic acids is 1. The van der Waals surface area contributed by atoms with Crippen LogP contribution in [0, 0.1) is 5.82 Å². The summed E-state index contributed by atoms with van der Waals surface area (Å²) in [4.78, 5) is 17.8. The van der Waals surface area contributed by atoms with E-state index in [0.29, 0.717) is 34.1 Å². The van der Waals surface area contributed by atoms with E-state index in [2.05, 4.69) is 27.1 Å². The first kappa shape index (κ1) is 23.2. The molecule has 0 unspecified atom stereocenters. The number of thiazole rings is 1. The summed E-state index contributed by atoms with van der Waals surface area (Å²) in [5.74, 6) is 0.211. The lowest BCUT2D eigenvalue weighted by Gasteiger charge is -2.07. The van der Waals surface area contributed by atoms with E-state index in [0.717, 1.165) is 16.0 Å². The van der Waals surface area contributed by atoms with Gasteiger partial charge >= 0.3 is 0 Å². The fourth-order valence-electron chi connectivity index (χ4n) is 3.08. The van der Waals surface area contributed by atoms with Gasteiger partial charge in [-0.05, 0) is 42.0 Å². The first-order valence-corrected chi connectivity index (χ1v) is 12.1. The third-order valence-electron chi connectivity index (χ3n) is 4.53. The van der Waals surface area contributed by atoms with Crippen molar-refractivity contribution < 1.29 is 9.18 Å². The second kappa shape index (κ2) is 10.7. The van der Waals surface area contributed by atoms with Gasteiger partial charge in [-0.15, -0.1) is 28.1 Å². The molecule has 2 aromatic carbocycles. The van der Waals surface area contributed by atoms with Gasteiger partial charge in [0.25, 0.3) is 0 Å². The molecule has 4 rings (SSSR count). The maximum Gasteiger partial charge on any atom is 0.236 e. The summed E-state index contributed by atoms with van der Waals surface area (Å²) in [7, 11) is 0. The van der Waals surface area contributed by atoms with E-state index in [4.69, 9.17) is 11.6 Å². The molecule has 0 aliphatic heterocycles. The molecule has 6 nitrogen and oxygen atoms in total. The van der Waals surface area contributed by atoms with Gasteiger partial charge in [-0.25, -0.2) is 9.37 Å². The third kappa shape index (κ3) is 6.07. The molecule has 0 spiro atoms. The number of halogens is 2. The molecule has 0 aliphatic rings. The number of hydrogen-bond acceptors (Lipinski definition) is 6. The molecule has 0 aliphatic carbocycles. The van der Waals surface area contributed by atoms with Gasteiger partial charge in [0.2, 0.25) is 5.91 Å². The Labute approximate surface area is 203 Å². The molecule has 0 fully saturated rings. The van der Waals surface area contributed by atoms with Gasteiger partial charge in [0.1, 0.15) is 5.82 Å². The Kier molecular flexibility index (Phi) is 7.54. The maximum atomic E-state index is 13.3. The molecule has 1 N–H and O–H groups in total. The van der Waals surface area contributed by atoms with Crippen molar-refractivity contribution in [3.63, 3.8) is 0 Å². The Balaban J connectivity index is 1.37. The number of aromatic nitrogens is 4. The number of hydrogen-bond donors (Lipinski definition) is 1. The van der Waals surface area contributed by atoms with Crippen molar-refractivity contribution >= 4 is 45.7 Å². The molecule has 0 saturated heterocycles. The first-order valence-electron chi connectivity index (χ1n) is 9.93. The van der Waals surface area contributed by atoms with Crippen molar-refractivity contribution in [2.45, 2.75) is 18.1 Å². The number of nitrogens with zero attached hydrogens (tertiary/aromatic N) is 4. The van der Waals surface area contributed by atoms with Gasteiger partial charge in [-0.2, -0.15) is 0 Å². The highest BCUT2D eigenvalue weighted by atomic mass is 35.5. The Morgan fingerprint density at radius 2 is 2.06 bits per heavy atom. The van der Waals surface area contributed by atoms with Crippen molar-refractivity contribution in [3.8, 4) is 11.4 Å². The average Bonchev–Trinajstić information content (AvgIpc) is 3.40. The lowest BCUT2D eigenvalue weighted by Crippen LogP contribution is -2.14. The largest absolute Gasteiger partial charge is 0.301 e. The Morgan fingerprint density at radius 3 is 2.82 bits per heavy atom. The Hall–Kier alpha value is -3.01. The van der Waals surface area contributed by atoms with Crippen molar-refractivity contribution in [3.05, 3.63) is 88.7 Å².